The summed E-state index contributed by atoms with van der Waals surface area (Å²) in [5, 5.41) is 6.04. The fraction of sp³-hybridized carbons (Fsp3) is 0.625. The summed E-state index contributed by atoms with van der Waals surface area (Å²) in [5.74, 6) is 0.203. The number of hydrogen-bond acceptors (Lipinski definition) is 3. The van der Waals surface area contributed by atoms with Crippen LogP contribution in [0.1, 0.15) is 57.9 Å². The van der Waals surface area contributed by atoms with Crippen LogP contribution in [0.25, 0.3) is 0 Å². The van der Waals surface area contributed by atoms with E-state index >= 15 is 0 Å². The molecular weight excluding hydrogens is 392 g/mol. The Bertz CT molecular complexity index is 764. The molecule has 170 valence electrons. The number of anilines is 1. The van der Waals surface area contributed by atoms with Gasteiger partial charge in [0.05, 0.1) is 0 Å². The highest BCUT2D eigenvalue weighted by Gasteiger charge is 2.28. The summed E-state index contributed by atoms with van der Waals surface area (Å²) in [6.45, 7) is 7.05. The van der Waals surface area contributed by atoms with Gasteiger partial charge in [-0.3, -0.25) is 9.59 Å². The minimum Gasteiger partial charge on any atom is -0.352 e. The molecule has 1 aliphatic heterocycles. The summed E-state index contributed by atoms with van der Waals surface area (Å²) in [4.78, 5) is 41.1. The molecule has 1 aliphatic carbocycles. The molecule has 7 nitrogen and oxygen atoms in total. The predicted molar refractivity (Wildman–Crippen MR) is 121 cm³/mol. The molecular formula is C24H36N4O3. The molecule has 2 N–H and O–H groups in total. The van der Waals surface area contributed by atoms with Crippen LogP contribution in [-0.2, 0) is 16.1 Å². The van der Waals surface area contributed by atoms with Gasteiger partial charge in [0.25, 0.3) is 0 Å². The molecule has 2 aliphatic rings. The zero-order valence-electron chi connectivity index (χ0n) is 18.9. The molecule has 0 atom stereocenters. The SMILES string of the molecule is CCN(CC)C(=O)N1CCC(C(=O)NCc2cccc(NC(=O)C3CCCC3)c2)CC1. The number of nitrogens with zero attached hydrogens (tertiary/aromatic N) is 2. The molecule has 1 heterocycles. The molecule has 1 aromatic rings. The van der Waals surface area contributed by atoms with Crippen LogP contribution in [0.5, 0.6) is 0 Å². The Kier molecular flexibility index (Phi) is 8.32. The van der Waals surface area contributed by atoms with Crippen molar-refractivity contribution in [1.82, 2.24) is 15.1 Å². The van der Waals surface area contributed by atoms with E-state index in [0.717, 1.165) is 36.9 Å². The topological polar surface area (TPSA) is 81.8 Å². The quantitative estimate of drug-likeness (QED) is 0.696. The van der Waals surface area contributed by atoms with Gasteiger partial charge >= 0.3 is 6.03 Å². The second-order valence-corrected chi connectivity index (χ2v) is 8.60. The number of amides is 4. The molecule has 1 aromatic carbocycles. The average molecular weight is 429 g/mol. The first kappa shape index (κ1) is 23.1. The Balaban J connectivity index is 1.44. The predicted octanol–water partition coefficient (Wildman–Crippen LogP) is 3.61. The van der Waals surface area contributed by atoms with Crippen LogP contribution in [0.3, 0.4) is 0 Å². The second-order valence-electron chi connectivity index (χ2n) is 8.60. The van der Waals surface area contributed by atoms with Crippen LogP contribution in [0.2, 0.25) is 0 Å². The Morgan fingerprint density at radius 1 is 0.968 bits per heavy atom. The van der Waals surface area contributed by atoms with Crippen LogP contribution in [0, 0.1) is 11.8 Å². The summed E-state index contributed by atoms with van der Waals surface area (Å²) in [6.07, 6.45) is 5.59. The van der Waals surface area contributed by atoms with Gasteiger partial charge in [0.1, 0.15) is 0 Å². The molecule has 0 unspecified atom stereocenters. The molecule has 3 rings (SSSR count). The van der Waals surface area contributed by atoms with Crippen molar-refractivity contribution in [2.24, 2.45) is 11.8 Å². The van der Waals surface area contributed by atoms with Gasteiger partial charge in [-0.05, 0) is 57.2 Å². The minimum atomic E-state index is -0.0639. The number of likely N-dealkylation sites (tertiary alicyclic amines) is 1. The van der Waals surface area contributed by atoms with Gasteiger partial charge in [0.15, 0.2) is 0 Å². The third-order valence-corrected chi connectivity index (χ3v) is 6.56. The Labute approximate surface area is 185 Å². The van der Waals surface area contributed by atoms with Crippen LogP contribution in [0.15, 0.2) is 24.3 Å². The van der Waals surface area contributed by atoms with Crippen molar-refractivity contribution in [2.45, 2.75) is 58.9 Å². The van der Waals surface area contributed by atoms with E-state index in [0.29, 0.717) is 45.6 Å². The van der Waals surface area contributed by atoms with Crippen molar-refractivity contribution in [3.63, 3.8) is 0 Å². The normalized spacial score (nSPS) is 17.4. The van der Waals surface area contributed by atoms with Gasteiger partial charge < -0.3 is 20.4 Å². The molecule has 31 heavy (non-hydrogen) atoms. The molecule has 0 bridgehead atoms. The van der Waals surface area contributed by atoms with Crippen LogP contribution in [0.4, 0.5) is 10.5 Å². The molecule has 0 radical (unpaired) electrons. The van der Waals surface area contributed by atoms with E-state index in [2.05, 4.69) is 10.6 Å². The first-order chi connectivity index (χ1) is 15.0. The number of carbonyl (C=O) groups excluding carboxylic acids is 3. The van der Waals surface area contributed by atoms with Crippen molar-refractivity contribution in [1.29, 1.82) is 0 Å². The van der Waals surface area contributed by atoms with E-state index in [1.54, 1.807) is 0 Å². The Morgan fingerprint density at radius 3 is 2.26 bits per heavy atom. The van der Waals surface area contributed by atoms with E-state index in [9.17, 15) is 14.4 Å². The highest BCUT2D eigenvalue weighted by atomic mass is 16.2. The third-order valence-electron chi connectivity index (χ3n) is 6.56. The molecule has 0 aromatic heterocycles. The van der Waals surface area contributed by atoms with Crippen molar-refractivity contribution in [3.05, 3.63) is 29.8 Å². The standard InChI is InChI=1S/C24H36N4O3/c1-3-27(4-2)24(31)28-14-12-20(13-15-28)22(29)25-17-18-8-7-11-21(16-18)26-23(30)19-9-5-6-10-19/h7-8,11,16,19-20H,3-6,9-10,12-15,17H2,1-2H3,(H,25,29)(H,26,30). The first-order valence-electron chi connectivity index (χ1n) is 11.7. The van der Waals surface area contributed by atoms with E-state index in [-0.39, 0.29) is 29.7 Å². The van der Waals surface area contributed by atoms with Crippen LogP contribution < -0.4 is 10.6 Å². The lowest BCUT2D eigenvalue weighted by Gasteiger charge is -2.34. The van der Waals surface area contributed by atoms with Crippen molar-refractivity contribution in [3.8, 4) is 0 Å². The summed E-state index contributed by atoms with van der Waals surface area (Å²) >= 11 is 0. The minimum absolute atomic E-state index is 0.0373. The zero-order valence-corrected chi connectivity index (χ0v) is 18.9. The second kappa shape index (κ2) is 11.2. The number of carbonyl (C=O) groups is 3. The number of benzene rings is 1. The first-order valence-corrected chi connectivity index (χ1v) is 11.7. The fourth-order valence-corrected chi connectivity index (χ4v) is 4.55. The molecule has 2 fully saturated rings. The van der Waals surface area contributed by atoms with Crippen molar-refractivity contribution >= 4 is 23.5 Å². The summed E-state index contributed by atoms with van der Waals surface area (Å²) in [7, 11) is 0. The van der Waals surface area contributed by atoms with Gasteiger partial charge in [-0.15, -0.1) is 0 Å². The van der Waals surface area contributed by atoms with Gasteiger partial charge in [0, 0.05) is 50.2 Å². The lowest BCUT2D eigenvalue weighted by atomic mass is 9.96. The molecule has 0 spiro atoms. The van der Waals surface area contributed by atoms with Gasteiger partial charge in [-0.1, -0.05) is 25.0 Å². The highest BCUT2D eigenvalue weighted by molar-refractivity contribution is 5.92. The lowest BCUT2D eigenvalue weighted by Crippen LogP contribution is -2.48. The Hall–Kier alpha value is -2.57. The number of nitrogens with one attached hydrogen (secondary N) is 2. The zero-order chi connectivity index (χ0) is 22.2. The third kappa shape index (κ3) is 6.21. The van der Waals surface area contributed by atoms with Gasteiger partial charge in [-0.2, -0.15) is 0 Å². The van der Waals surface area contributed by atoms with Crippen molar-refractivity contribution < 1.29 is 14.4 Å². The number of urea groups is 1. The van der Waals surface area contributed by atoms with E-state index in [4.69, 9.17) is 0 Å². The van der Waals surface area contributed by atoms with E-state index in [1.807, 2.05) is 47.9 Å². The maximum absolute atomic E-state index is 12.6. The van der Waals surface area contributed by atoms with Gasteiger partial charge in [-0.25, -0.2) is 4.79 Å². The largest absolute Gasteiger partial charge is 0.352 e. The van der Waals surface area contributed by atoms with E-state index < -0.39 is 0 Å². The van der Waals surface area contributed by atoms with Crippen LogP contribution >= 0.6 is 0 Å². The number of piperidine rings is 1. The smallest absolute Gasteiger partial charge is 0.319 e. The summed E-state index contributed by atoms with van der Waals surface area (Å²) in [6, 6.07) is 7.75. The maximum Gasteiger partial charge on any atom is 0.319 e. The van der Waals surface area contributed by atoms with Crippen LogP contribution in [-0.4, -0.2) is 53.8 Å². The molecule has 7 heteroatoms. The van der Waals surface area contributed by atoms with Gasteiger partial charge in [0.2, 0.25) is 11.8 Å². The highest BCUT2D eigenvalue weighted by Crippen LogP contribution is 2.26. The summed E-state index contributed by atoms with van der Waals surface area (Å²) < 4.78 is 0. The monoisotopic (exact) mass is 428 g/mol. The number of rotatable bonds is 7. The Morgan fingerprint density at radius 2 is 1.61 bits per heavy atom. The lowest BCUT2D eigenvalue weighted by molar-refractivity contribution is -0.126. The summed E-state index contributed by atoms with van der Waals surface area (Å²) in [5.41, 5.74) is 1.75. The van der Waals surface area contributed by atoms with E-state index in [1.165, 1.54) is 0 Å². The molecule has 1 saturated carbocycles. The maximum atomic E-state index is 12.6. The fourth-order valence-electron chi connectivity index (χ4n) is 4.55. The average Bonchev–Trinajstić information content (AvgIpc) is 3.34. The molecule has 1 saturated heterocycles. The number of hydrogen-bond donors (Lipinski definition) is 2. The molecule has 4 amide bonds. The van der Waals surface area contributed by atoms with Crippen molar-refractivity contribution in [2.75, 3.05) is 31.5 Å².